The number of fused-ring (bicyclic) bond motifs is 1. The summed E-state index contributed by atoms with van der Waals surface area (Å²) in [6.07, 6.45) is 1.73. The molecule has 1 aliphatic carbocycles. The number of rotatable bonds is 8. The van der Waals surface area contributed by atoms with Crippen molar-refractivity contribution in [3.8, 4) is 28.0 Å². The Bertz CT molecular complexity index is 1970. The average Bonchev–Trinajstić information content (AvgIpc) is 3.04. The molecule has 0 radical (unpaired) electrons. The Balaban J connectivity index is 1.21. The van der Waals surface area contributed by atoms with Crippen molar-refractivity contribution in [2.45, 2.75) is 57.5 Å². The molecule has 1 fully saturated rings. The Morgan fingerprint density at radius 3 is 1.96 bits per heavy atom. The summed E-state index contributed by atoms with van der Waals surface area (Å²) < 4.78 is 137. The second-order valence-electron chi connectivity index (χ2n) is 12.2. The molecule has 6 rings (SSSR count). The van der Waals surface area contributed by atoms with Crippen molar-refractivity contribution >= 4 is 10.8 Å². The molecule has 0 atom stereocenters. The topological polar surface area (TPSA) is 9.23 Å². The summed E-state index contributed by atoms with van der Waals surface area (Å²) in [5, 5.41) is -0.314. The predicted molar refractivity (Wildman–Crippen MR) is 165 cm³/mol. The maximum absolute atomic E-state index is 15.2. The van der Waals surface area contributed by atoms with E-state index in [1.165, 1.54) is 24.3 Å². The largest absolute Gasteiger partial charge is 0.429 e. The maximum atomic E-state index is 15.2. The quantitative estimate of drug-likeness (QED) is 0.118. The van der Waals surface area contributed by atoms with E-state index in [0.29, 0.717) is 24.1 Å². The molecule has 48 heavy (non-hydrogen) atoms. The maximum Gasteiger partial charge on any atom is 0.426 e. The van der Waals surface area contributed by atoms with Gasteiger partial charge < -0.3 is 4.74 Å². The molecule has 0 heterocycles. The van der Waals surface area contributed by atoms with Crippen LogP contribution in [-0.2, 0) is 6.11 Å². The third-order valence-electron chi connectivity index (χ3n) is 9.13. The van der Waals surface area contributed by atoms with Crippen molar-refractivity contribution in [3.05, 3.63) is 125 Å². The summed E-state index contributed by atoms with van der Waals surface area (Å²) >= 11 is 0. The minimum absolute atomic E-state index is 0.0665. The van der Waals surface area contributed by atoms with E-state index in [9.17, 15) is 13.2 Å². The molecule has 0 unspecified atom stereocenters. The zero-order valence-corrected chi connectivity index (χ0v) is 25.6. The predicted octanol–water partition coefficient (Wildman–Crippen LogP) is 12.3. The Morgan fingerprint density at radius 1 is 0.646 bits per heavy atom. The first kappa shape index (κ1) is 33.4. The molecule has 0 N–H and O–H groups in total. The number of benzene rings is 5. The number of halogens is 9. The molecule has 0 aliphatic heterocycles. The molecule has 0 spiro atoms. The lowest BCUT2D eigenvalue weighted by Crippen LogP contribution is -2.22. The van der Waals surface area contributed by atoms with Gasteiger partial charge in [-0.2, -0.15) is 8.78 Å². The summed E-state index contributed by atoms with van der Waals surface area (Å²) in [6.45, 7) is 2.14. The smallest absolute Gasteiger partial charge is 0.426 e. The van der Waals surface area contributed by atoms with Gasteiger partial charge in [0, 0.05) is 22.6 Å². The molecule has 5 aromatic rings. The van der Waals surface area contributed by atoms with Crippen LogP contribution in [0, 0.1) is 46.6 Å². The lowest BCUT2D eigenvalue weighted by molar-refractivity contribution is -0.185. The molecule has 1 nitrogen and oxygen atoms in total. The van der Waals surface area contributed by atoms with Crippen molar-refractivity contribution in [2.24, 2.45) is 5.92 Å². The number of alkyl halides is 2. The molecule has 0 aromatic heterocycles. The van der Waals surface area contributed by atoms with Gasteiger partial charge in [0.25, 0.3) is 0 Å². The standard InChI is InChI=1S/C38H29F9O/c1-2-3-20-4-6-21(7-5-20)22-8-12-29(30(39)15-22)35-32(41)17-25(18-33(35)42)38(46,47)48-26-10-13-27(31(40)19-26)23-9-11-28-24(14-23)16-34(43)37(45)36(28)44/h8-21H,2-7H2,1H3/t20-,21-. The van der Waals surface area contributed by atoms with Gasteiger partial charge in [-0.05, 0) is 96.5 Å². The molecular weight excluding hydrogens is 643 g/mol. The van der Waals surface area contributed by atoms with Gasteiger partial charge in [-0.15, -0.1) is 0 Å². The Hall–Kier alpha value is -4.47. The van der Waals surface area contributed by atoms with E-state index in [4.69, 9.17) is 0 Å². The minimum Gasteiger partial charge on any atom is -0.429 e. The van der Waals surface area contributed by atoms with Crippen molar-refractivity contribution in [3.63, 3.8) is 0 Å². The first-order chi connectivity index (χ1) is 22.9. The van der Waals surface area contributed by atoms with Gasteiger partial charge in [0.2, 0.25) is 0 Å². The van der Waals surface area contributed by atoms with Gasteiger partial charge in [0.1, 0.15) is 29.0 Å². The first-order valence-electron chi connectivity index (χ1n) is 15.6. The zero-order chi connectivity index (χ0) is 34.3. The molecule has 1 aliphatic rings. The van der Waals surface area contributed by atoms with E-state index in [1.54, 1.807) is 6.07 Å². The second kappa shape index (κ2) is 13.2. The number of ether oxygens (including phenoxy) is 1. The summed E-state index contributed by atoms with van der Waals surface area (Å²) in [4.78, 5) is 0. The average molecular weight is 673 g/mol. The van der Waals surface area contributed by atoms with Crippen LogP contribution < -0.4 is 4.74 Å². The van der Waals surface area contributed by atoms with Crippen LogP contribution in [0.2, 0.25) is 0 Å². The fourth-order valence-corrected chi connectivity index (χ4v) is 6.65. The second-order valence-corrected chi connectivity index (χ2v) is 12.2. The van der Waals surface area contributed by atoms with Crippen LogP contribution in [0.1, 0.15) is 62.5 Å². The molecule has 1 saturated carbocycles. The van der Waals surface area contributed by atoms with Crippen molar-refractivity contribution in [2.75, 3.05) is 0 Å². The van der Waals surface area contributed by atoms with Gasteiger partial charge in [-0.3, -0.25) is 0 Å². The highest BCUT2D eigenvalue weighted by Gasteiger charge is 2.37. The van der Waals surface area contributed by atoms with Crippen LogP contribution in [0.4, 0.5) is 39.5 Å². The molecule has 5 aromatic carbocycles. The lowest BCUT2D eigenvalue weighted by atomic mass is 9.77. The normalized spacial score (nSPS) is 16.8. The van der Waals surface area contributed by atoms with Crippen molar-refractivity contribution in [1.29, 1.82) is 0 Å². The first-order valence-corrected chi connectivity index (χ1v) is 15.6. The third-order valence-corrected chi connectivity index (χ3v) is 9.13. The molecule has 250 valence electrons. The van der Waals surface area contributed by atoms with Gasteiger partial charge in [-0.1, -0.05) is 44.0 Å². The molecule has 0 saturated heterocycles. The Kier molecular flexibility index (Phi) is 9.20. The molecule has 0 bridgehead atoms. The minimum atomic E-state index is -4.34. The van der Waals surface area contributed by atoms with E-state index in [-0.39, 0.29) is 27.8 Å². The fraction of sp³-hybridized carbons (Fsp3) is 0.263. The van der Waals surface area contributed by atoms with Gasteiger partial charge in [-0.25, -0.2) is 30.7 Å². The molecular formula is C38H29F9O. The number of hydrogen-bond acceptors (Lipinski definition) is 1. The monoisotopic (exact) mass is 672 g/mol. The summed E-state index contributed by atoms with van der Waals surface area (Å²) in [5.74, 6) is -9.26. The van der Waals surface area contributed by atoms with E-state index in [2.05, 4.69) is 11.7 Å². The van der Waals surface area contributed by atoms with Crippen molar-refractivity contribution < 1.29 is 44.3 Å². The highest BCUT2D eigenvalue weighted by Crippen LogP contribution is 2.41. The summed E-state index contributed by atoms with van der Waals surface area (Å²) in [5.41, 5.74) is -1.78. The van der Waals surface area contributed by atoms with E-state index >= 15 is 26.3 Å². The van der Waals surface area contributed by atoms with Gasteiger partial charge in [0.15, 0.2) is 17.5 Å². The SMILES string of the molecule is CCC[C@H]1CC[C@H](c2ccc(-c3c(F)cc(C(F)(F)Oc4ccc(-c5ccc6c(F)c(F)c(F)cc6c5)c(F)c4)cc3F)c(F)c2)CC1. The van der Waals surface area contributed by atoms with Crippen LogP contribution in [0.3, 0.4) is 0 Å². The van der Waals surface area contributed by atoms with E-state index in [1.807, 2.05) is 0 Å². The molecule has 0 amide bonds. The Labute approximate surface area is 271 Å². The van der Waals surface area contributed by atoms with Gasteiger partial charge >= 0.3 is 6.11 Å². The highest BCUT2D eigenvalue weighted by atomic mass is 19.3. The number of hydrogen-bond donors (Lipinski definition) is 0. The summed E-state index contributed by atoms with van der Waals surface area (Å²) in [6, 6.07) is 11.7. The van der Waals surface area contributed by atoms with E-state index < -0.39 is 69.3 Å². The van der Waals surface area contributed by atoms with E-state index in [0.717, 1.165) is 68.4 Å². The van der Waals surface area contributed by atoms with Crippen LogP contribution >= 0.6 is 0 Å². The van der Waals surface area contributed by atoms with Crippen LogP contribution in [0.5, 0.6) is 5.75 Å². The lowest BCUT2D eigenvalue weighted by Gasteiger charge is -2.28. The van der Waals surface area contributed by atoms with Crippen LogP contribution in [-0.4, -0.2) is 0 Å². The molecule has 10 heteroatoms. The van der Waals surface area contributed by atoms with Gasteiger partial charge in [0.05, 0.1) is 11.1 Å². The van der Waals surface area contributed by atoms with Crippen LogP contribution in [0.25, 0.3) is 33.0 Å². The Morgan fingerprint density at radius 2 is 1.31 bits per heavy atom. The van der Waals surface area contributed by atoms with Crippen molar-refractivity contribution in [1.82, 2.24) is 0 Å². The summed E-state index contributed by atoms with van der Waals surface area (Å²) in [7, 11) is 0. The highest BCUT2D eigenvalue weighted by molar-refractivity contribution is 5.88. The third kappa shape index (κ3) is 6.49. The fourth-order valence-electron chi connectivity index (χ4n) is 6.65. The zero-order valence-electron chi connectivity index (χ0n) is 25.6. The van der Waals surface area contributed by atoms with Crippen LogP contribution in [0.15, 0.2) is 72.8 Å².